The van der Waals surface area contributed by atoms with Crippen molar-refractivity contribution in [1.29, 1.82) is 0 Å². The average molecular weight is 292 g/mol. The molecule has 0 heterocycles. The standard InChI is InChI=1S/C18H29NS/c1-3-4-5-8-15(2)19-16-11-13-18(14-12-16)20-17-9-6-7-10-17/h11-15,17,19H,3-10H2,1-2H3. The highest BCUT2D eigenvalue weighted by Gasteiger charge is 2.15. The molecule has 0 aliphatic heterocycles. The predicted octanol–water partition coefficient (Wildman–Crippen LogP) is 6.10. The number of benzene rings is 1. The van der Waals surface area contributed by atoms with Gasteiger partial charge in [-0.3, -0.25) is 0 Å². The maximum atomic E-state index is 3.61. The number of hydrogen-bond acceptors (Lipinski definition) is 2. The lowest BCUT2D eigenvalue weighted by Gasteiger charge is -2.16. The molecule has 1 fully saturated rings. The van der Waals surface area contributed by atoms with Crippen molar-refractivity contribution in [1.82, 2.24) is 0 Å². The van der Waals surface area contributed by atoms with Crippen LogP contribution < -0.4 is 5.32 Å². The molecule has 0 amide bonds. The lowest BCUT2D eigenvalue weighted by molar-refractivity contribution is 0.615. The van der Waals surface area contributed by atoms with Crippen LogP contribution in [0.4, 0.5) is 5.69 Å². The molecule has 0 radical (unpaired) electrons. The van der Waals surface area contributed by atoms with Gasteiger partial charge in [0.25, 0.3) is 0 Å². The molecule has 1 saturated carbocycles. The number of hydrogen-bond donors (Lipinski definition) is 1. The molecule has 0 spiro atoms. The molecule has 1 aromatic carbocycles. The maximum Gasteiger partial charge on any atom is 0.0342 e. The highest BCUT2D eigenvalue weighted by molar-refractivity contribution is 8.00. The van der Waals surface area contributed by atoms with Crippen LogP contribution in [-0.4, -0.2) is 11.3 Å². The van der Waals surface area contributed by atoms with E-state index in [4.69, 9.17) is 0 Å². The van der Waals surface area contributed by atoms with Gasteiger partial charge in [0, 0.05) is 21.9 Å². The number of unbranched alkanes of at least 4 members (excludes halogenated alkanes) is 2. The van der Waals surface area contributed by atoms with Gasteiger partial charge < -0.3 is 5.32 Å². The maximum absolute atomic E-state index is 3.61. The fourth-order valence-electron chi connectivity index (χ4n) is 2.89. The van der Waals surface area contributed by atoms with Crippen molar-refractivity contribution in [3.8, 4) is 0 Å². The molecule has 0 saturated heterocycles. The molecule has 1 atom stereocenters. The summed E-state index contributed by atoms with van der Waals surface area (Å²) in [4.78, 5) is 1.43. The first-order valence-corrected chi connectivity index (χ1v) is 9.19. The Bertz CT molecular complexity index is 368. The van der Waals surface area contributed by atoms with Crippen molar-refractivity contribution in [2.45, 2.75) is 81.4 Å². The first-order valence-electron chi connectivity index (χ1n) is 8.31. The summed E-state index contributed by atoms with van der Waals surface area (Å²) >= 11 is 2.07. The normalized spacial score (nSPS) is 17.3. The smallest absolute Gasteiger partial charge is 0.0342 e. The van der Waals surface area contributed by atoms with Gasteiger partial charge in [0.1, 0.15) is 0 Å². The Morgan fingerprint density at radius 3 is 2.50 bits per heavy atom. The summed E-state index contributed by atoms with van der Waals surface area (Å²) in [5.41, 5.74) is 1.27. The Morgan fingerprint density at radius 1 is 1.15 bits per heavy atom. The third kappa shape index (κ3) is 5.40. The van der Waals surface area contributed by atoms with E-state index in [-0.39, 0.29) is 0 Å². The first kappa shape index (κ1) is 15.8. The van der Waals surface area contributed by atoms with E-state index in [2.05, 4.69) is 55.2 Å². The zero-order valence-corrected chi connectivity index (χ0v) is 13.8. The molecule has 1 nitrogen and oxygen atoms in total. The SMILES string of the molecule is CCCCCC(C)Nc1ccc(SC2CCCC2)cc1. The van der Waals surface area contributed by atoms with Crippen molar-refractivity contribution >= 4 is 17.4 Å². The minimum absolute atomic E-state index is 0.579. The Morgan fingerprint density at radius 2 is 1.85 bits per heavy atom. The van der Waals surface area contributed by atoms with E-state index in [1.54, 1.807) is 0 Å². The van der Waals surface area contributed by atoms with E-state index < -0.39 is 0 Å². The summed E-state index contributed by atoms with van der Waals surface area (Å²) in [6, 6.07) is 9.63. The Balaban J connectivity index is 1.75. The summed E-state index contributed by atoms with van der Waals surface area (Å²) in [5, 5.41) is 4.48. The molecule has 1 aliphatic carbocycles. The average Bonchev–Trinajstić information content (AvgIpc) is 2.94. The van der Waals surface area contributed by atoms with E-state index in [9.17, 15) is 0 Å². The molecule has 112 valence electrons. The van der Waals surface area contributed by atoms with Crippen LogP contribution in [0.2, 0.25) is 0 Å². The summed E-state index contributed by atoms with van der Waals surface area (Å²) in [5.74, 6) is 0. The van der Waals surface area contributed by atoms with Gasteiger partial charge >= 0.3 is 0 Å². The van der Waals surface area contributed by atoms with Gasteiger partial charge in [0.05, 0.1) is 0 Å². The summed E-state index contributed by atoms with van der Waals surface area (Å²) in [7, 11) is 0. The molecule has 2 heteroatoms. The fourth-order valence-corrected chi connectivity index (χ4v) is 4.13. The summed E-state index contributed by atoms with van der Waals surface area (Å²) in [6.45, 7) is 4.55. The molecular weight excluding hydrogens is 262 g/mol. The van der Waals surface area contributed by atoms with Crippen LogP contribution in [0.5, 0.6) is 0 Å². The molecule has 1 unspecified atom stereocenters. The Labute approximate surface area is 128 Å². The molecule has 1 N–H and O–H groups in total. The predicted molar refractivity (Wildman–Crippen MR) is 91.8 cm³/mol. The van der Waals surface area contributed by atoms with Crippen LogP contribution in [0.3, 0.4) is 0 Å². The van der Waals surface area contributed by atoms with E-state index in [1.165, 1.54) is 61.9 Å². The van der Waals surface area contributed by atoms with Gasteiger partial charge in [0.2, 0.25) is 0 Å². The van der Waals surface area contributed by atoms with Gasteiger partial charge in [0.15, 0.2) is 0 Å². The van der Waals surface area contributed by atoms with Gasteiger partial charge in [-0.25, -0.2) is 0 Å². The number of rotatable bonds is 8. The highest BCUT2D eigenvalue weighted by atomic mass is 32.2. The second-order valence-electron chi connectivity index (χ2n) is 6.09. The van der Waals surface area contributed by atoms with Gasteiger partial charge in [-0.1, -0.05) is 39.0 Å². The Hall–Kier alpha value is -0.630. The summed E-state index contributed by atoms with van der Waals surface area (Å²) in [6.07, 6.45) is 10.9. The van der Waals surface area contributed by atoms with Crippen molar-refractivity contribution in [3.63, 3.8) is 0 Å². The first-order chi connectivity index (χ1) is 9.78. The number of anilines is 1. The van der Waals surface area contributed by atoms with Crippen LogP contribution in [0, 0.1) is 0 Å². The second-order valence-corrected chi connectivity index (χ2v) is 7.46. The number of nitrogens with one attached hydrogen (secondary N) is 1. The van der Waals surface area contributed by atoms with Crippen LogP contribution in [0.15, 0.2) is 29.2 Å². The van der Waals surface area contributed by atoms with E-state index >= 15 is 0 Å². The quantitative estimate of drug-likeness (QED) is 0.581. The van der Waals surface area contributed by atoms with Crippen LogP contribution in [0.1, 0.15) is 65.2 Å². The molecule has 0 bridgehead atoms. The molecular formula is C18H29NS. The molecule has 1 aliphatic rings. The van der Waals surface area contributed by atoms with Gasteiger partial charge in [-0.2, -0.15) is 0 Å². The van der Waals surface area contributed by atoms with Crippen LogP contribution in [-0.2, 0) is 0 Å². The molecule has 2 rings (SSSR count). The van der Waals surface area contributed by atoms with Crippen molar-refractivity contribution in [3.05, 3.63) is 24.3 Å². The molecule has 0 aromatic heterocycles. The third-order valence-electron chi connectivity index (χ3n) is 4.11. The summed E-state index contributed by atoms with van der Waals surface area (Å²) < 4.78 is 0. The van der Waals surface area contributed by atoms with Crippen LogP contribution in [0.25, 0.3) is 0 Å². The molecule has 20 heavy (non-hydrogen) atoms. The molecule has 1 aromatic rings. The zero-order chi connectivity index (χ0) is 14.2. The largest absolute Gasteiger partial charge is 0.383 e. The Kier molecular flexibility index (Phi) is 6.78. The van der Waals surface area contributed by atoms with Gasteiger partial charge in [-0.05, 0) is 50.5 Å². The van der Waals surface area contributed by atoms with Crippen molar-refractivity contribution in [2.24, 2.45) is 0 Å². The number of thioether (sulfide) groups is 1. The van der Waals surface area contributed by atoms with E-state index in [1.807, 2.05) is 0 Å². The topological polar surface area (TPSA) is 12.0 Å². The third-order valence-corrected chi connectivity index (χ3v) is 5.46. The monoisotopic (exact) mass is 291 g/mol. The van der Waals surface area contributed by atoms with Crippen molar-refractivity contribution in [2.75, 3.05) is 5.32 Å². The fraction of sp³-hybridized carbons (Fsp3) is 0.667. The minimum Gasteiger partial charge on any atom is -0.383 e. The van der Waals surface area contributed by atoms with Crippen LogP contribution >= 0.6 is 11.8 Å². The second kappa shape index (κ2) is 8.61. The lowest BCUT2D eigenvalue weighted by Crippen LogP contribution is -2.14. The minimum atomic E-state index is 0.579. The van der Waals surface area contributed by atoms with Crippen molar-refractivity contribution < 1.29 is 0 Å². The zero-order valence-electron chi connectivity index (χ0n) is 13.0. The van der Waals surface area contributed by atoms with Gasteiger partial charge in [-0.15, -0.1) is 11.8 Å². The highest BCUT2D eigenvalue weighted by Crippen LogP contribution is 2.35. The lowest BCUT2D eigenvalue weighted by atomic mass is 10.1. The van der Waals surface area contributed by atoms with E-state index in [0.717, 1.165) is 5.25 Å². The van der Waals surface area contributed by atoms with E-state index in [0.29, 0.717) is 6.04 Å².